The number of benzene rings is 2. The maximum Gasteiger partial charge on any atom is 0.417 e. The average Bonchev–Trinajstić information content (AvgIpc) is 2.59. The van der Waals surface area contributed by atoms with Crippen molar-refractivity contribution in [1.29, 1.82) is 5.40 Å². The normalized spacial score (nSPS) is 12.8. The lowest BCUT2D eigenvalue weighted by molar-refractivity contribution is -0.137. The summed E-state index contributed by atoms with van der Waals surface area (Å²) in [5.74, 6) is 0.979. The van der Waals surface area contributed by atoms with E-state index in [1.54, 1.807) is 13.0 Å². The number of nitrogens with zero attached hydrogens (tertiary/aromatic N) is 1. The summed E-state index contributed by atoms with van der Waals surface area (Å²) >= 11 is 5.64. The van der Waals surface area contributed by atoms with Crippen molar-refractivity contribution in [2.75, 3.05) is 13.6 Å². The maximum atomic E-state index is 13.0. The topological polar surface area (TPSA) is 36.3 Å². The lowest BCUT2D eigenvalue weighted by atomic mass is 10.0. The second-order valence-corrected chi connectivity index (χ2v) is 6.42. The Morgan fingerprint density at radius 3 is 2.50 bits per heavy atom. The van der Waals surface area contributed by atoms with E-state index in [9.17, 15) is 13.2 Å². The summed E-state index contributed by atoms with van der Waals surface area (Å²) in [5.41, 5.74) is 1.34. The molecule has 0 unspecified atom stereocenters. The first-order valence-electron chi connectivity index (χ1n) is 8.42. The summed E-state index contributed by atoms with van der Waals surface area (Å²) in [5, 5.41) is 3.23. The number of rotatable bonds is 4. The Morgan fingerprint density at radius 1 is 1.23 bits per heavy atom. The van der Waals surface area contributed by atoms with Gasteiger partial charge in [-0.05, 0) is 62.2 Å². The number of alkyl halides is 3. The number of hydrogen-bond donors (Lipinski definition) is 1. The monoisotopic (exact) mass is 385 g/mol. The summed E-state index contributed by atoms with van der Waals surface area (Å²) < 4.78 is 52.2. The van der Waals surface area contributed by atoms with Crippen LogP contribution in [0.1, 0.15) is 29.2 Å². The number of hydrogen-bond acceptors (Lipinski definition) is 2. The highest BCUT2D eigenvalue weighted by Gasteiger charge is 2.33. The Labute approximate surface area is 157 Å². The van der Waals surface area contributed by atoms with Gasteiger partial charge in [-0.3, -0.25) is 5.40 Å². The van der Waals surface area contributed by atoms with Gasteiger partial charge in [0.1, 0.15) is 17.3 Å². The highest BCUT2D eigenvalue weighted by molar-refractivity contribution is 6.31. The zero-order valence-corrected chi connectivity index (χ0v) is 15.7. The van der Waals surface area contributed by atoms with Gasteiger partial charge in [-0.1, -0.05) is 11.6 Å². The minimum absolute atomic E-state index is 0.0435. The SMILES string of the molecule is [2H]N=C(c1cc(C)c(Oc2ccc(Cl)c(C(F)(F)F)c2)cc1C)N(C)CC. The van der Waals surface area contributed by atoms with Crippen LogP contribution in [0, 0.1) is 19.2 Å². The molecule has 0 atom stereocenters. The lowest BCUT2D eigenvalue weighted by Crippen LogP contribution is -2.27. The van der Waals surface area contributed by atoms with Crippen LogP contribution < -0.4 is 4.74 Å². The number of halogens is 4. The molecule has 0 radical (unpaired) electrons. The first-order valence-corrected chi connectivity index (χ1v) is 8.35. The van der Waals surface area contributed by atoms with Gasteiger partial charge in [0.25, 0.3) is 0 Å². The molecule has 0 fully saturated rings. The van der Waals surface area contributed by atoms with Crippen molar-refractivity contribution >= 4 is 17.4 Å². The van der Waals surface area contributed by atoms with Crippen molar-refractivity contribution in [3.63, 3.8) is 0 Å². The molecule has 1 N–H and O–H groups in total. The van der Waals surface area contributed by atoms with Crippen LogP contribution in [0.5, 0.6) is 11.5 Å². The third-order valence-corrected chi connectivity index (χ3v) is 4.40. The van der Waals surface area contributed by atoms with Crippen molar-refractivity contribution in [2.24, 2.45) is 0 Å². The molecule has 2 aromatic rings. The summed E-state index contributed by atoms with van der Waals surface area (Å²) in [4.78, 5) is 1.84. The molecule has 0 aliphatic rings. The van der Waals surface area contributed by atoms with Crippen LogP contribution in [0.3, 0.4) is 0 Å². The van der Waals surface area contributed by atoms with Gasteiger partial charge < -0.3 is 9.64 Å². The molecule has 0 aliphatic heterocycles. The lowest BCUT2D eigenvalue weighted by Gasteiger charge is -2.21. The molecular formula is C19H20ClF3N2O. The quantitative estimate of drug-likeness (QED) is 0.514. The van der Waals surface area contributed by atoms with Crippen molar-refractivity contribution in [2.45, 2.75) is 26.9 Å². The Hall–Kier alpha value is -2.21. The van der Waals surface area contributed by atoms with E-state index in [1.807, 2.05) is 31.9 Å². The smallest absolute Gasteiger partial charge is 0.417 e. The molecule has 0 aliphatic carbocycles. The number of aryl methyl sites for hydroxylation is 2. The maximum absolute atomic E-state index is 13.0. The first kappa shape index (κ1) is 18.6. The predicted octanol–water partition coefficient (Wildman–Crippen LogP) is 6.05. The molecule has 7 heteroatoms. The Balaban J connectivity index is 2.41. The molecule has 0 saturated carbocycles. The molecule has 0 heterocycles. The summed E-state index contributed by atoms with van der Waals surface area (Å²) in [6.07, 6.45) is -4.56. The van der Waals surface area contributed by atoms with E-state index in [-0.39, 0.29) is 10.8 Å². The third-order valence-electron chi connectivity index (χ3n) is 4.07. The average molecular weight is 386 g/mol. The Morgan fingerprint density at radius 2 is 1.92 bits per heavy atom. The van der Waals surface area contributed by atoms with Crippen LogP contribution >= 0.6 is 11.6 Å². The third kappa shape index (κ3) is 4.30. The fraction of sp³-hybridized carbons (Fsp3) is 0.316. The second kappa shape index (κ2) is 7.58. The number of amidine groups is 1. The minimum Gasteiger partial charge on any atom is -0.457 e. The highest BCUT2D eigenvalue weighted by Crippen LogP contribution is 2.38. The molecule has 0 amide bonds. The van der Waals surface area contributed by atoms with Gasteiger partial charge in [0, 0.05) is 19.2 Å². The molecule has 2 aromatic carbocycles. The molecule has 0 bridgehead atoms. The van der Waals surface area contributed by atoms with Crippen molar-refractivity contribution in [1.82, 2.24) is 4.90 Å². The van der Waals surface area contributed by atoms with E-state index in [2.05, 4.69) is 5.40 Å². The van der Waals surface area contributed by atoms with Gasteiger partial charge in [0.15, 0.2) is 1.41 Å². The second-order valence-electron chi connectivity index (χ2n) is 6.01. The van der Waals surface area contributed by atoms with Gasteiger partial charge in [-0.15, -0.1) is 0 Å². The van der Waals surface area contributed by atoms with Crippen molar-refractivity contribution in [3.8, 4) is 11.5 Å². The van der Waals surface area contributed by atoms with E-state index >= 15 is 0 Å². The molecule has 3 nitrogen and oxygen atoms in total. The van der Waals surface area contributed by atoms with Gasteiger partial charge in [-0.25, -0.2) is 0 Å². The van der Waals surface area contributed by atoms with Crippen LogP contribution in [0.15, 0.2) is 30.3 Å². The van der Waals surface area contributed by atoms with Gasteiger partial charge >= 0.3 is 6.18 Å². The molecule has 0 aromatic heterocycles. The molecular weight excluding hydrogens is 365 g/mol. The Kier molecular flexibility index (Phi) is 5.41. The van der Waals surface area contributed by atoms with Crippen LogP contribution in [0.2, 0.25) is 6.43 Å². The van der Waals surface area contributed by atoms with Crippen LogP contribution in [0.4, 0.5) is 13.2 Å². The summed E-state index contributed by atoms with van der Waals surface area (Å²) in [6.45, 7) is 6.24. The fourth-order valence-electron chi connectivity index (χ4n) is 2.41. The highest BCUT2D eigenvalue weighted by atomic mass is 35.5. The van der Waals surface area contributed by atoms with E-state index in [1.165, 1.54) is 6.07 Å². The molecule has 0 saturated heterocycles. The van der Waals surface area contributed by atoms with Crippen LogP contribution in [-0.2, 0) is 6.18 Å². The first-order chi connectivity index (χ1) is 12.6. The van der Waals surface area contributed by atoms with Gasteiger partial charge in [0.05, 0.1) is 10.6 Å². The number of nitrogens with one attached hydrogen (secondary N) is 1. The standard InChI is InChI=1S/C19H20ClF3N2O/c1-5-25(4)18(24)14-8-12(3)17(9-11(14)2)26-13-6-7-16(20)15(10-13)19(21,22)23/h6-10,24H,5H2,1-4H3/i/hD. The summed E-state index contributed by atoms with van der Waals surface area (Å²) in [6, 6.07) is 6.97. The zero-order chi connectivity index (χ0) is 20.4. The van der Waals surface area contributed by atoms with Crippen molar-refractivity contribution in [3.05, 3.63) is 57.6 Å². The van der Waals surface area contributed by atoms with Crippen LogP contribution in [-0.4, -0.2) is 24.3 Å². The summed E-state index contributed by atoms with van der Waals surface area (Å²) in [7, 11) is 1.83. The van der Waals surface area contributed by atoms with Gasteiger partial charge in [-0.2, -0.15) is 13.2 Å². The minimum atomic E-state index is -4.56. The van der Waals surface area contributed by atoms with E-state index in [4.69, 9.17) is 17.7 Å². The van der Waals surface area contributed by atoms with E-state index in [0.29, 0.717) is 23.7 Å². The molecule has 0 spiro atoms. The van der Waals surface area contributed by atoms with Crippen molar-refractivity contribution < 1.29 is 19.3 Å². The number of ether oxygens (including phenoxy) is 1. The zero-order valence-electron chi connectivity index (χ0n) is 15.9. The largest absolute Gasteiger partial charge is 0.457 e. The van der Waals surface area contributed by atoms with E-state index in [0.717, 1.165) is 23.3 Å². The molecule has 140 valence electrons. The predicted molar refractivity (Wildman–Crippen MR) is 97.6 cm³/mol. The Bertz CT molecular complexity index is 869. The molecule has 26 heavy (non-hydrogen) atoms. The fourth-order valence-corrected chi connectivity index (χ4v) is 2.63. The van der Waals surface area contributed by atoms with Crippen LogP contribution in [0.25, 0.3) is 0 Å². The van der Waals surface area contributed by atoms with E-state index < -0.39 is 11.7 Å². The van der Waals surface area contributed by atoms with Gasteiger partial charge in [0.2, 0.25) is 0 Å². The molecule has 2 rings (SSSR count).